The number of nitrogens with zero attached hydrogens (tertiary/aromatic N) is 1. The first-order valence-electron chi connectivity index (χ1n) is 6.29. The van der Waals surface area contributed by atoms with Gasteiger partial charge >= 0.3 is 0 Å². The predicted molar refractivity (Wildman–Crippen MR) is 86.9 cm³/mol. The highest BCUT2D eigenvalue weighted by molar-refractivity contribution is 9.10. The van der Waals surface area contributed by atoms with Crippen molar-refractivity contribution < 1.29 is 9.72 Å². The Bertz CT molecular complexity index is 731. The van der Waals surface area contributed by atoms with Crippen molar-refractivity contribution in [2.45, 2.75) is 0 Å². The minimum Gasteiger partial charge on any atom is -0.306 e. The van der Waals surface area contributed by atoms with Crippen LogP contribution in [0.5, 0.6) is 0 Å². The van der Waals surface area contributed by atoms with Crippen LogP contribution in [0.2, 0.25) is 0 Å². The van der Waals surface area contributed by atoms with Gasteiger partial charge in [0.2, 0.25) is 0 Å². The molecule has 22 heavy (non-hydrogen) atoms. The van der Waals surface area contributed by atoms with Crippen molar-refractivity contribution in [3.05, 3.63) is 80.4 Å². The number of non-ortho nitro benzene ring substituents is 1. The molecule has 0 saturated heterocycles. The summed E-state index contributed by atoms with van der Waals surface area (Å²) in [4.78, 5) is 22.0. The fourth-order valence-corrected chi connectivity index (χ4v) is 2.11. The normalized spacial score (nSPS) is 10.4. The number of hydrogen-bond acceptors (Lipinski definition) is 4. The van der Waals surface area contributed by atoms with Crippen molar-refractivity contribution >= 4 is 33.6 Å². The van der Waals surface area contributed by atoms with Crippen LogP contribution in [-0.2, 0) is 0 Å². The van der Waals surface area contributed by atoms with Crippen molar-refractivity contribution in [1.29, 1.82) is 0 Å². The maximum Gasteiger partial charge on any atom is 0.270 e. The Labute approximate surface area is 135 Å². The van der Waals surface area contributed by atoms with E-state index in [0.717, 1.165) is 10.0 Å². The topological polar surface area (TPSA) is 84.3 Å². The van der Waals surface area contributed by atoms with Gasteiger partial charge in [-0.1, -0.05) is 34.1 Å². The first-order valence-corrected chi connectivity index (χ1v) is 7.08. The summed E-state index contributed by atoms with van der Waals surface area (Å²) in [6, 6.07) is 13.1. The average Bonchev–Trinajstić information content (AvgIpc) is 2.51. The number of rotatable bonds is 5. The molecule has 0 aliphatic heterocycles. The smallest absolute Gasteiger partial charge is 0.270 e. The molecule has 2 N–H and O–H groups in total. The Morgan fingerprint density at radius 2 is 1.95 bits per heavy atom. The number of nitro benzene ring substituents is 1. The van der Waals surface area contributed by atoms with Gasteiger partial charge in [0.1, 0.15) is 0 Å². The molecule has 6 nitrogen and oxygen atoms in total. The largest absolute Gasteiger partial charge is 0.306 e. The van der Waals surface area contributed by atoms with E-state index in [4.69, 9.17) is 0 Å². The molecule has 0 heterocycles. The molecule has 0 atom stereocenters. The van der Waals surface area contributed by atoms with Gasteiger partial charge < -0.3 is 5.43 Å². The third-order valence-electron chi connectivity index (χ3n) is 2.71. The molecule has 2 aromatic carbocycles. The summed E-state index contributed by atoms with van der Waals surface area (Å²) in [5.74, 6) is -0.456. The molecule has 1 amide bonds. The van der Waals surface area contributed by atoms with E-state index in [1.165, 1.54) is 24.3 Å². The van der Waals surface area contributed by atoms with Crippen LogP contribution in [0.15, 0.2) is 59.2 Å². The van der Waals surface area contributed by atoms with Crippen LogP contribution < -0.4 is 10.9 Å². The van der Waals surface area contributed by atoms with Crippen LogP contribution in [0.1, 0.15) is 15.9 Å². The monoisotopic (exact) mass is 361 g/mol. The summed E-state index contributed by atoms with van der Waals surface area (Å²) in [5, 5.41) is 10.7. The zero-order chi connectivity index (χ0) is 15.9. The van der Waals surface area contributed by atoms with Gasteiger partial charge in [0.15, 0.2) is 0 Å². The summed E-state index contributed by atoms with van der Waals surface area (Å²) in [7, 11) is 0. The lowest BCUT2D eigenvalue weighted by Crippen LogP contribution is -2.33. The molecule has 0 aromatic heterocycles. The van der Waals surface area contributed by atoms with Gasteiger partial charge in [0, 0.05) is 28.4 Å². The maximum absolute atomic E-state index is 11.8. The molecule has 0 fully saturated rings. The van der Waals surface area contributed by atoms with Gasteiger partial charge in [-0.15, -0.1) is 0 Å². The number of nitrogens with one attached hydrogen (secondary N) is 2. The second kappa shape index (κ2) is 7.37. The highest BCUT2D eigenvalue weighted by Crippen LogP contribution is 2.13. The summed E-state index contributed by atoms with van der Waals surface area (Å²) >= 11 is 3.36. The minimum absolute atomic E-state index is 0.127. The molecule has 0 aliphatic carbocycles. The molecule has 0 spiro atoms. The lowest BCUT2D eigenvalue weighted by molar-refractivity contribution is -0.384. The fourth-order valence-electron chi connectivity index (χ4n) is 1.69. The number of halogens is 1. The molecule has 0 unspecified atom stereocenters. The molecule has 2 aromatic rings. The number of nitro groups is 1. The highest BCUT2D eigenvalue weighted by atomic mass is 79.9. The SMILES string of the molecule is O=C(NN/C=C/c1cccc(Br)c1)c1cccc([N+](=O)[O-])c1. The Kier molecular flexibility index (Phi) is 5.26. The van der Waals surface area contributed by atoms with Gasteiger partial charge in [0.25, 0.3) is 11.6 Å². The first kappa shape index (κ1) is 15.7. The van der Waals surface area contributed by atoms with Gasteiger partial charge in [-0.25, -0.2) is 0 Å². The first-order chi connectivity index (χ1) is 10.6. The van der Waals surface area contributed by atoms with Crippen molar-refractivity contribution in [3.63, 3.8) is 0 Å². The Balaban J connectivity index is 1.93. The van der Waals surface area contributed by atoms with Crippen molar-refractivity contribution in [3.8, 4) is 0 Å². The lowest BCUT2D eigenvalue weighted by Gasteiger charge is -2.04. The quantitative estimate of drug-likeness (QED) is 0.632. The molecule has 2 rings (SSSR count). The van der Waals surface area contributed by atoms with E-state index in [-0.39, 0.29) is 11.3 Å². The minimum atomic E-state index is -0.544. The van der Waals surface area contributed by atoms with E-state index in [1.54, 1.807) is 12.3 Å². The molecular formula is C15H12BrN3O3. The summed E-state index contributed by atoms with van der Waals surface area (Å²) in [6.45, 7) is 0. The molecule has 0 bridgehead atoms. The van der Waals surface area contributed by atoms with Crippen LogP contribution >= 0.6 is 15.9 Å². The number of amides is 1. The zero-order valence-corrected chi connectivity index (χ0v) is 12.9. The molecule has 7 heteroatoms. The van der Waals surface area contributed by atoms with Crippen LogP contribution in [-0.4, -0.2) is 10.8 Å². The van der Waals surface area contributed by atoms with E-state index in [2.05, 4.69) is 26.8 Å². The summed E-state index contributed by atoms with van der Waals surface area (Å²) < 4.78 is 0.954. The van der Waals surface area contributed by atoms with E-state index in [0.29, 0.717) is 0 Å². The van der Waals surface area contributed by atoms with E-state index >= 15 is 0 Å². The van der Waals surface area contributed by atoms with Crippen LogP contribution in [0.25, 0.3) is 6.08 Å². The molecule has 0 saturated carbocycles. The second-order valence-electron chi connectivity index (χ2n) is 4.29. The second-order valence-corrected chi connectivity index (χ2v) is 5.21. The van der Waals surface area contributed by atoms with Gasteiger partial charge in [-0.3, -0.25) is 20.3 Å². The lowest BCUT2D eigenvalue weighted by atomic mass is 10.2. The number of carbonyl (C=O) groups excluding carboxylic acids is 1. The van der Waals surface area contributed by atoms with Gasteiger partial charge in [0.05, 0.1) is 4.92 Å². The maximum atomic E-state index is 11.8. The third kappa shape index (κ3) is 4.42. The van der Waals surface area contributed by atoms with Crippen molar-refractivity contribution in [2.75, 3.05) is 0 Å². The Morgan fingerprint density at radius 1 is 1.18 bits per heavy atom. The molecule has 0 radical (unpaired) electrons. The summed E-state index contributed by atoms with van der Waals surface area (Å²) in [5.41, 5.74) is 6.10. The van der Waals surface area contributed by atoms with E-state index < -0.39 is 10.8 Å². The van der Waals surface area contributed by atoms with Crippen molar-refractivity contribution in [1.82, 2.24) is 10.9 Å². The Morgan fingerprint density at radius 3 is 2.68 bits per heavy atom. The zero-order valence-electron chi connectivity index (χ0n) is 11.3. The molecular weight excluding hydrogens is 350 g/mol. The van der Waals surface area contributed by atoms with Crippen LogP contribution in [0.3, 0.4) is 0 Å². The number of hydrazine groups is 1. The van der Waals surface area contributed by atoms with Crippen LogP contribution in [0, 0.1) is 10.1 Å². The van der Waals surface area contributed by atoms with E-state index in [1.807, 2.05) is 24.3 Å². The third-order valence-corrected chi connectivity index (χ3v) is 3.21. The van der Waals surface area contributed by atoms with Crippen LogP contribution in [0.4, 0.5) is 5.69 Å². The molecule has 112 valence electrons. The molecule has 0 aliphatic rings. The summed E-state index contributed by atoms with van der Waals surface area (Å²) in [6.07, 6.45) is 3.34. The average molecular weight is 362 g/mol. The number of benzene rings is 2. The highest BCUT2D eigenvalue weighted by Gasteiger charge is 2.10. The number of hydrogen-bond donors (Lipinski definition) is 2. The predicted octanol–water partition coefficient (Wildman–Crippen LogP) is 3.26. The Hall–Kier alpha value is -2.67. The standard InChI is InChI=1S/C15H12BrN3O3/c16-13-5-1-3-11(9-13)7-8-17-18-15(20)12-4-2-6-14(10-12)19(21)22/h1-10,17H,(H,18,20)/b8-7+. The number of carbonyl (C=O) groups is 1. The van der Waals surface area contributed by atoms with Crippen molar-refractivity contribution in [2.24, 2.45) is 0 Å². The van der Waals surface area contributed by atoms with Gasteiger partial charge in [-0.2, -0.15) is 0 Å². The fraction of sp³-hybridized carbons (Fsp3) is 0. The van der Waals surface area contributed by atoms with Gasteiger partial charge in [-0.05, 0) is 29.8 Å². The van der Waals surface area contributed by atoms with E-state index in [9.17, 15) is 14.9 Å².